The van der Waals surface area contributed by atoms with Gasteiger partial charge in [-0.25, -0.2) is 9.97 Å². The second-order valence-electron chi connectivity index (χ2n) is 5.33. The van der Waals surface area contributed by atoms with Crippen LogP contribution < -0.4 is 10.2 Å². The molecule has 1 N–H and O–H groups in total. The third-order valence-electron chi connectivity index (χ3n) is 3.76. The highest BCUT2D eigenvalue weighted by Crippen LogP contribution is 2.33. The van der Waals surface area contributed by atoms with Crippen molar-refractivity contribution in [1.29, 1.82) is 0 Å². The fourth-order valence-corrected chi connectivity index (χ4v) is 2.74. The minimum absolute atomic E-state index is 0.0663. The van der Waals surface area contributed by atoms with Crippen LogP contribution in [0.4, 0.5) is 17.3 Å². The summed E-state index contributed by atoms with van der Waals surface area (Å²) in [5.41, 5.74) is 0.897. The van der Waals surface area contributed by atoms with Gasteiger partial charge in [0.05, 0.1) is 4.92 Å². The number of nitrogens with zero attached hydrogens (tertiary/aromatic N) is 4. The van der Waals surface area contributed by atoms with Crippen molar-refractivity contribution in [3.63, 3.8) is 0 Å². The second kappa shape index (κ2) is 6.78. The molecule has 0 spiro atoms. The Balaban J connectivity index is 1.84. The van der Waals surface area contributed by atoms with Crippen molar-refractivity contribution >= 4 is 28.9 Å². The van der Waals surface area contributed by atoms with Crippen LogP contribution in [0.5, 0.6) is 0 Å². The smallest absolute Gasteiger partial charge is 0.353 e. The molecule has 3 rings (SSSR count). The summed E-state index contributed by atoms with van der Waals surface area (Å²) in [6.07, 6.45) is 3.41. The van der Waals surface area contributed by atoms with E-state index in [1.807, 2.05) is 17.0 Å². The van der Waals surface area contributed by atoms with Gasteiger partial charge in [-0.3, -0.25) is 10.1 Å². The van der Waals surface area contributed by atoms with Crippen molar-refractivity contribution in [2.75, 3.05) is 23.3 Å². The van der Waals surface area contributed by atoms with E-state index >= 15 is 0 Å². The zero-order valence-corrected chi connectivity index (χ0v) is 13.2. The fourth-order valence-electron chi connectivity index (χ4n) is 2.62. The second-order valence-corrected chi connectivity index (χ2v) is 5.76. The molecule has 1 aromatic heterocycles. The number of nitro groups is 1. The Hall–Kier alpha value is -2.41. The van der Waals surface area contributed by atoms with Gasteiger partial charge in [0, 0.05) is 24.7 Å². The van der Waals surface area contributed by atoms with Crippen LogP contribution in [0, 0.1) is 10.1 Å². The Kier molecular flexibility index (Phi) is 4.57. The Labute approximate surface area is 138 Å². The van der Waals surface area contributed by atoms with Gasteiger partial charge in [-0.2, -0.15) is 0 Å². The molecule has 0 saturated carbocycles. The van der Waals surface area contributed by atoms with Crippen LogP contribution in [0.15, 0.2) is 30.6 Å². The number of nitrogens with one attached hydrogen (secondary N) is 1. The Morgan fingerprint density at radius 2 is 1.91 bits per heavy atom. The average Bonchev–Trinajstić information content (AvgIpc) is 3.08. The van der Waals surface area contributed by atoms with Crippen molar-refractivity contribution in [1.82, 2.24) is 9.97 Å². The van der Waals surface area contributed by atoms with Gasteiger partial charge >= 0.3 is 5.69 Å². The first kappa shape index (κ1) is 15.5. The molecule has 0 bridgehead atoms. The molecule has 7 nitrogen and oxygen atoms in total. The van der Waals surface area contributed by atoms with Crippen molar-refractivity contribution in [2.24, 2.45) is 0 Å². The van der Waals surface area contributed by atoms with Crippen LogP contribution in [0.25, 0.3) is 0 Å². The van der Waals surface area contributed by atoms with E-state index in [1.165, 1.54) is 6.33 Å². The van der Waals surface area contributed by atoms with Crippen molar-refractivity contribution in [2.45, 2.75) is 19.4 Å². The number of hydrogen-bond donors (Lipinski definition) is 1. The lowest BCUT2D eigenvalue weighted by Crippen LogP contribution is -2.21. The third kappa shape index (κ3) is 3.50. The third-order valence-corrected chi connectivity index (χ3v) is 4.02. The van der Waals surface area contributed by atoms with Crippen molar-refractivity contribution in [3.8, 4) is 0 Å². The van der Waals surface area contributed by atoms with Crippen LogP contribution in [0.2, 0.25) is 5.02 Å². The van der Waals surface area contributed by atoms with E-state index < -0.39 is 4.92 Å². The molecule has 0 amide bonds. The van der Waals surface area contributed by atoms with E-state index in [0.29, 0.717) is 17.4 Å². The molecule has 23 heavy (non-hydrogen) atoms. The monoisotopic (exact) mass is 333 g/mol. The van der Waals surface area contributed by atoms with E-state index in [1.54, 1.807) is 12.1 Å². The quantitative estimate of drug-likeness (QED) is 0.668. The Bertz CT molecular complexity index is 702. The molecule has 2 aromatic rings. The summed E-state index contributed by atoms with van der Waals surface area (Å²) in [7, 11) is 0. The van der Waals surface area contributed by atoms with Crippen LogP contribution in [-0.4, -0.2) is 28.0 Å². The lowest BCUT2D eigenvalue weighted by molar-refractivity contribution is -0.383. The number of hydrogen-bond acceptors (Lipinski definition) is 6. The average molecular weight is 334 g/mol. The SMILES string of the molecule is O=[N+]([O-])c1c(NCc2ccc(Cl)cc2)ncnc1N1CCCC1. The van der Waals surface area contributed by atoms with E-state index in [-0.39, 0.29) is 11.5 Å². The summed E-state index contributed by atoms with van der Waals surface area (Å²) in [5, 5.41) is 15.2. The molecular weight excluding hydrogens is 318 g/mol. The van der Waals surface area contributed by atoms with E-state index in [2.05, 4.69) is 15.3 Å². The zero-order chi connectivity index (χ0) is 16.2. The van der Waals surface area contributed by atoms with Crippen LogP contribution >= 0.6 is 11.6 Å². The molecule has 0 radical (unpaired) electrons. The summed E-state index contributed by atoms with van der Waals surface area (Å²) >= 11 is 5.85. The van der Waals surface area contributed by atoms with Gasteiger partial charge in [-0.1, -0.05) is 23.7 Å². The van der Waals surface area contributed by atoms with Gasteiger partial charge in [0.25, 0.3) is 0 Å². The summed E-state index contributed by atoms with van der Waals surface area (Å²) < 4.78 is 0. The molecule has 0 unspecified atom stereocenters. The maximum absolute atomic E-state index is 11.5. The van der Waals surface area contributed by atoms with E-state index in [4.69, 9.17) is 11.6 Å². The topological polar surface area (TPSA) is 84.2 Å². The summed E-state index contributed by atoms with van der Waals surface area (Å²) in [6, 6.07) is 7.29. The van der Waals surface area contributed by atoms with Gasteiger partial charge in [0.15, 0.2) is 0 Å². The molecule has 0 aliphatic carbocycles. The molecule has 1 saturated heterocycles. The zero-order valence-electron chi connectivity index (χ0n) is 12.4. The van der Waals surface area contributed by atoms with E-state index in [0.717, 1.165) is 31.5 Å². The predicted octanol–water partition coefficient (Wildman–Crippen LogP) is 3.25. The number of halogens is 1. The first-order valence-corrected chi connectivity index (χ1v) is 7.75. The van der Waals surface area contributed by atoms with Crippen LogP contribution in [-0.2, 0) is 6.54 Å². The van der Waals surface area contributed by atoms with Crippen LogP contribution in [0.3, 0.4) is 0 Å². The largest absolute Gasteiger partial charge is 0.360 e. The maximum atomic E-state index is 11.5. The van der Waals surface area contributed by atoms with Gasteiger partial charge < -0.3 is 10.2 Å². The van der Waals surface area contributed by atoms with Gasteiger partial charge in [0.1, 0.15) is 6.33 Å². The summed E-state index contributed by atoms with van der Waals surface area (Å²) in [6.45, 7) is 2.00. The molecule has 1 aromatic carbocycles. The fraction of sp³-hybridized carbons (Fsp3) is 0.333. The highest BCUT2D eigenvalue weighted by molar-refractivity contribution is 6.30. The number of anilines is 2. The minimum atomic E-state index is -0.419. The predicted molar refractivity (Wildman–Crippen MR) is 88.9 cm³/mol. The molecule has 0 atom stereocenters. The molecular formula is C15H16ClN5O2. The van der Waals surface area contributed by atoms with Gasteiger partial charge in [-0.15, -0.1) is 0 Å². The maximum Gasteiger partial charge on any atom is 0.353 e. The number of rotatable bonds is 5. The summed E-state index contributed by atoms with van der Waals surface area (Å²) in [5.74, 6) is 0.628. The minimum Gasteiger partial charge on any atom is -0.360 e. The highest BCUT2D eigenvalue weighted by Gasteiger charge is 2.28. The first-order chi connectivity index (χ1) is 11.1. The highest BCUT2D eigenvalue weighted by atomic mass is 35.5. The summed E-state index contributed by atoms with van der Waals surface area (Å²) in [4.78, 5) is 21.2. The molecule has 1 aliphatic rings. The lowest BCUT2D eigenvalue weighted by Gasteiger charge is -2.17. The number of benzene rings is 1. The molecule has 1 aliphatic heterocycles. The standard InChI is InChI=1S/C15H16ClN5O2/c16-12-5-3-11(4-6-12)9-17-14-13(21(22)23)15(19-10-18-14)20-7-1-2-8-20/h3-6,10H,1-2,7-9H2,(H,17,18,19). The lowest BCUT2D eigenvalue weighted by atomic mass is 10.2. The Morgan fingerprint density at radius 1 is 1.22 bits per heavy atom. The van der Waals surface area contributed by atoms with Crippen LogP contribution in [0.1, 0.15) is 18.4 Å². The van der Waals surface area contributed by atoms with Gasteiger partial charge in [-0.05, 0) is 30.5 Å². The van der Waals surface area contributed by atoms with E-state index in [9.17, 15) is 10.1 Å². The Morgan fingerprint density at radius 3 is 2.57 bits per heavy atom. The normalized spacial score (nSPS) is 14.0. The molecule has 120 valence electrons. The number of aromatic nitrogens is 2. The molecule has 8 heteroatoms. The van der Waals surface area contributed by atoms with Crippen molar-refractivity contribution < 1.29 is 4.92 Å². The first-order valence-electron chi connectivity index (χ1n) is 7.38. The van der Waals surface area contributed by atoms with Crippen molar-refractivity contribution in [3.05, 3.63) is 51.3 Å². The molecule has 2 heterocycles. The van der Waals surface area contributed by atoms with Gasteiger partial charge in [0.2, 0.25) is 11.6 Å². The molecule has 1 fully saturated rings.